The molecule has 4 rings (SSSR count). The molecule has 0 bridgehead atoms. The Morgan fingerprint density at radius 2 is 2.04 bits per heavy atom. The van der Waals surface area contributed by atoms with Crippen LogP contribution < -0.4 is 4.74 Å². The Balaban J connectivity index is 1.77. The van der Waals surface area contributed by atoms with Gasteiger partial charge in [-0.1, -0.05) is 30.0 Å². The zero-order valence-corrected chi connectivity index (χ0v) is 16.3. The molecule has 1 aliphatic heterocycles. The summed E-state index contributed by atoms with van der Waals surface area (Å²) in [7, 11) is 3.67. The van der Waals surface area contributed by atoms with Crippen LogP contribution in [-0.2, 0) is 7.05 Å². The summed E-state index contributed by atoms with van der Waals surface area (Å²) >= 11 is 1.29. The van der Waals surface area contributed by atoms with Crippen molar-refractivity contribution in [2.75, 3.05) is 19.4 Å². The third-order valence-corrected chi connectivity index (χ3v) is 5.50. The average molecular weight is 380 g/mol. The minimum atomic E-state index is 0.000440. The lowest BCUT2D eigenvalue weighted by Crippen LogP contribution is -2.29. The van der Waals surface area contributed by atoms with Crippen LogP contribution in [0.1, 0.15) is 12.5 Å². The number of methoxy groups -OCH3 is 1. The van der Waals surface area contributed by atoms with E-state index in [1.807, 2.05) is 50.4 Å². The number of carbonyl (C=O) groups excluding carboxylic acids is 1. The topological polar surface area (TPSA) is 59.7 Å². The maximum Gasteiger partial charge on any atom is 0.302 e. The largest absolute Gasteiger partial charge is 0.497 e. The second-order valence-corrected chi connectivity index (χ2v) is 7.17. The van der Waals surface area contributed by atoms with E-state index in [1.54, 1.807) is 7.11 Å². The van der Waals surface area contributed by atoms with Gasteiger partial charge in [0.25, 0.3) is 0 Å². The summed E-state index contributed by atoms with van der Waals surface area (Å²) in [5.74, 6) is 2.26. The van der Waals surface area contributed by atoms with Gasteiger partial charge in [0.05, 0.1) is 23.9 Å². The summed E-state index contributed by atoms with van der Waals surface area (Å²) in [5.41, 5.74) is 4.85. The molecule has 0 unspecified atom stereocenters. The zero-order valence-electron chi connectivity index (χ0n) is 15.5. The number of fused-ring (bicyclic) bond motifs is 1. The Kier molecular flexibility index (Phi) is 4.61. The van der Waals surface area contributed by atoms with Gasteiger partial charge < -0.3 is 9.30 Å². The van der Waals surface area contributed by atoms with Gasteiger partial charge in [-0.25, -0.2) is 9.99 Å². The molecule has 27 heavy (non-hydrogen) atoms. The number of aryl methyl sites for hydroxylation is 1. The summed E-state index contributed by atoms with van der Waals surface area (Å²) in [6.07, 6.45) is 0. The molecule has 2 aromatic carbocycles. The van der Waals surface area contributed by atoms with E-state index in [0.29, 0.717) is 12.3 Å². The first kappa shape index (κ1) is 17.6. The van der Waals surface area contributed by atoms with Crippen LogP contribution in [0.25, 0.3) is 22.4 Å². The maximum absolute atomic E-state index is 11.8. The third kappa shape index (κ3) is 3.19. The molecule has 0 N–H and O–H groups in total. The first-order valence-corrected chi connectivity index (χ1v) is 9.72. The van der Waals surface area contributed by atoms with Crippen LogP contribution in [-0.4, -0.2) is 44.9 Å². The fraction of sp³-hybridized carbons (Fsp3) is 0.250. The molecule has 0 fully saturated rings. The van der Waals surface area contributed by atoms with Crippen molar-refractivity contribution in [1.82, 2.24) is 14.6 Å². The number of ether oxygens (including phenoxy) is 1. The zero-order chi connectivity index (χ0) is 19.0. The highest BCUT2D eigenvalue weighted by molar-refractivity contribution is 8.14. The highest BCUT2D eigenvalue weighted by atomic mass is 32.2. The van der Waals surface area contributed by atoms with Crippen molar-refractivity contribution < 1.29 is 9.53 Å². The third-order valence-electron chi connectivity index (χ3n) is 4.63. The van der Waals surface area contributed by atoms with E-state index < -0.39 is 0 Å². The Labute approximate surface area is 161 Å². The smallest absolute Gasteiger partial charge is 0.302 e. The Hall–Kier alpha value is -2.80. The van der Waals surface area contributed by atoms with Crippen molar-refractivity contribution in [2.24, 2.45) is 12.1 Å². The second kappa shape index (κ2) is 7.08. The lowest BCUT2D eigenvalue weighted by molar-refractivity contribution is 0.227. The lowest BCUT2D eigenvalue weighted by Gasteiger charge is -2.21. The van der Waals surface area contributed by atoms with Crippen molar-refractivity contribution in [3.8, 4) is 17.1 Å². The fourth-order valence-corrected chi connectivity index (χ4v) is 3.96. The quantitative estimate of drug-likeness (QED) is 0.682. The van der Waals surface area contributed by atoms with Crippen molar-refractivity contribution in [3.05, 3.63) is 48.0 Å². The number of imidazole rings is 1. The number of aromatic nitrogens is 2. The summed E-state index contributed by atoms with van der Waals surface area (Å²) in [4.78, 5) is 16.7. The van der Waals surface area contributed by atoms with Crippen molar-refractivity contribution in [1.29, 1.82) is 0 Å². The van der Waals surface area contributed by atoms with Gasteiger partial charge in [0.15, 0.2) is 0 Å². The number of rotatable bonds is 4. The molecule has 1 aliphatic rings. The summed E-state index contributed by atoms with van der Waals surface area (Å²) in [6, 6.07) is 14.0. The van der Waals surface area contributed by atoms with Gasteiger partial charge in [0.1, 0.15) is 11.6 Å². The summed E-state index contributed by atoms with van der Waals surface area (Å²) < 4.78 is 7.41. The van der Waals surface area contributed by atoms with Gasteiger partial charge in [-0.05, 0) is 31.2 Å². The number of hydrogen-bond donors (Lipinski definition) is 0. The summed E-state index contributed by atoms with van der Waals surface area (Å²) in [6.45, 7) is 2.49. The molecule has 0 spiro atoms. The Bertz CT molecular complexity index is 1060. The van der Waals surface area contributed by atoms with E-state index in [4.69, 9.17) is 9.72 Å². The lowest BCUT2D eigenvalue weighted by atomic mass is 10.1. The maximum atomic E-state index is 11.8. The summed E-state index contributed by atoms with van der Waals surface area (Å²) in [5, 5.41) is 6.01. The predicted molar refractivity (Wildman–Crippen MR) is 109 cm³/mol. The van der Waals surface area contributed by atoms with E-state index in [0.717, 1.165) is 39.4 Å². The molecular formula is C20H20N4O2S. The predicted octanol–water partition coefficient (Wildman–Crippen LogP) is 4.14. The van der Waals surface area contributed by atoms with E-state index in [2.05, 4.69) is 15.7 Å². The number of benzene rings is 2. The second-order valence-electron chi connectivity index (χ2n) is 6.25. The molecule has 6 nitrogen and oxygen atoms in total. The molecule has 1 amide bonds. The van der Waals surface area contributed by atoms with Gasteiger partial charge in [-0.15, -0.1) is 0 Å². The first-order valence-electron chi connectivity index (χ1n) is 8.73. The molecular weight excluding hydrogens is 360 g/mol. The van der Waals surface area contributed by atoms with E-state index in [1.165, 1.54) is 16.8 Å². The van der Waals surface area contributed by atoms with Gasteiger partial charge in [-0.2, -0.15) is 5.10 Å². The number of amides is 1. The van der Waals surface area contributed by atoms with Crippen molar-refractivity contribution in [2.45, 2.75) is 6.92 Å². The molecule has 1 aromatic heterocycles. The Morgan fingerprint density at radius 1 is 1.19 bits per heavy atom. The van der Waals surface area contributed by atoms with Crippen LogP contribution in [0, 0.1) is 0 Å². The molecule has 3 aromatic rings. The van der Waals surface area contributed by atoms with Crippen molar-refractivity contribution >= 4 is 33.7 Å². The molecule has 2 heterocycles. The minimum Gasteiger partial charge on any atom is -0.497 e. The number of thioether (sulfide) groups is 1. The Morgan fingerprint density at radius 3 is 2.81 bits per heavy atom. The van der Waals surface area contributed by atoms with Gasteiger partial charge in [0, 0.05) is 30.5 Å². The fourth-order valence-electron chi connectivity index (χ4n) is 3.16. The first-order chi connectivity index (χ1) is 13.1. The van der Waals surface area contributed by atoms with Crippen molar-refractivity contribution in [3.63, 3.8) is 0 Å². The monoisotopic (exact) mass is 380 g/mol. The highest BCUT2D eigenvalue weighted by Crippen LogP contribution is 2.28. The van der Waals surface area contributed by atoms with Crippen LogP contribution >= 0.6 is 11.8 Å². The number of carbonyl (C=O) groups is 1. The SMILES string of the molecule is CCN1N=C(c2ccc3c(c2)nc(-c2cccc(OC)c2)n3C)CSC1=O. The number of hydrazone groups is 1. The van der Waals surface area contributed by atoms with Gasteiger partial charge >= 0.3 is 5.24 Å². The molecule has 0 radical (unpaired) electrons. The van der Waals surface area contributed by atoms with Crippen LogP contribution in [0.3, 0.4) is 0 Å². The van der Waals surface area contributed by atoms with Crippen LogP contribution in [0.4, 0.5) is 4.79 Å². The standard InChI is InChI=1S/C20H20N4O2S/c1-4-24-20(25)27-12-17(22-24)13-8-9-18-16(11-13)21-19(23(18)2)14-6-5-7-15(10-14)26-3/h5-11H,4,12H2,1-3H3. The van der Waals surface area contributed by atoms with E-state index in [9.17, 15) is 4.79 Å². The number of nitrogens with zero attached hydrogens (tertiary/aromatic N) is 4. The normalized spacial score (nSPS) is 14.6. The number of hydrogen-bond acceptors (Lipinski definition) is 5. The van der Waals surface area contributed by atoms with Gasteiger partial charge in [-0.3, -0.25) is 4.79 Å². The molecule has 7 heteroatoms. The molecule has 0 aliphatic carbocycles. The minimum absolute atomic E-state index is 0.000440. The molecule has 0 saturated carbocycles. The molecule has 0 saturated heterocycles. The van der Waals surface area contributed by atoms with Crippen LogP contribution in [0.15, 0.2) is 47.6 Å². The van der Waals surface area contributed by atoms with Gasteiger partial charge in [0.2, 0.25) is 0 Å². The van der Waals surface area contributed by atoms with E-state index >= 15 is 0 Å². The van der Waals surface area contributed by atoms with E-state index in [-0.39, 0.29) is 5.24 Å². The molecule has 138 valence electrons. The molecule has 0 atom stereocenters. The highest BCUT2D eigenvalue weighted by Gasteiger charge is 2.21. The van der Waals surface area contributed by atoms with Crippen LogP contribution in [0.5, 0.6) is 5.75 Å². The van der Waals surface area contributed by atoms with Crippen LogP contribution in [0.2, 0.25) is 0 Å². The average Bonchev–Trinajstić information content (AvgIpc) is 3.04.